The highest BCUT2D eigenvalue weighted by Gasteiger charge is 2.48. The molecule has 1 nitrogen and oxygen atoms in total. The number of para-hydroxylation sites is 1. The molecule has 3 heteroatoms. The zero-order valence-corrected chi connectivity index (χ0v) is 18.7. The van der Waals surface area contributed by atoms with Crippen LogP contribution in [0, 0.1) is 6.07 Å². The Labute approximate surface area is 169 Å². The Bertz CT molecular complexity index is 557. The van der Waals surface area contributed by atoms with Crippen molar-refractivity contribution in [3.05, 3.63) is 106 Å². The van der Waals surface area contributed by atoms with E-state index >= 15 is 0 Å². The molecule has 0 unspecified atom stereocenters. The number of rotatable bonds is 15. The topological polar surface area (TPSA) is 3.24 Å². The van der Waals surface area contributed by atoms with Crippen LogP contribution in [0.5, 0.6) is 0 Å². The van der Waals surface area contributed by atoms with Gasteiger partial charge in [0.25, 0.3) is 0 Å². The average molecular weight is 393 g/mol. The molecule has 1 rings (SSSR count). The lowest BCUT2D eigenvalue weighted by molar-refractivity contribution is 1.18. The molecule has 143 valence electrons. The van der Waals surface area contributed by atoms with Crippen LogP contribution in [-0.2, 0) is 0 Å². The minimum absolute atomic E-state index is 0.980. The van der Waals surface area contributed by atoms with Gasteiger partial charge < -0.3 is 4.23 Å². The van der Waals surface area contributed by atoms with Crippen molar-refractivity contribution in [2.45, 2.75) is 36.3 Å². The summed E-state index contributed by atoms with van der Waals surface area (Å²) < 4.78 is 2.77. The molecule has 0 aliphatic carbocycles. The van der Waals surface area contributed by atoms with E-state index in [2.05, 4.69) is 98.4 Å². The van der Waals surface area contributed by atoms with Crippen LogP contribution < -0.4 is 4.23 Å². The van der Waals surface area contributed by atoms with E-state index in [9.17, 15) is 0 Å². The van der Waals surface area contributed by atoms with Gasteiger partial charge in [0.2, 0.25) is 0 Å². The van der Waals surface area contributed by atoms with Crippen LogP contribution in [0.15, 0.2) is 100 Å². The van der Waals surface area contributed by atoms with Crippen LogP contribution in [0.2, 0.25) is 36.3 Å². The first-order valence-electron chi connectivity index (χ1n) is 9.52. The van der Waals surface area contributed by atoms with Gasteiger partial charge in [-0.05, 0) is 42.3 Å². The van der Waals surface area contributed by atoms with Gasteiger partial charge in [-0.15, -0.1) is 39.5 Å². The SMILES string of the molecule is C=CC[Si](CC=C)(CC=C)N(c1[c]cccc1)[Si](CC=C)(CC=C)CC=C. The number of nitrogens with zero attached hydrogens (tertiary/aromatic N) is 1. The van der Waals surface area contributed by atoms with Crippen molar-refractivity contribution in [3.8, 4) is 0 Å². The van der Waals surface area contributed by atoms with Crippen molar-refractivity contribution in [2.75, 3.05) is 4.23 Å². The fourth-order valence-electron chi connectivity index (χ4n) is 4.20. The van der Waals surface area contributed by atoms with Crippen LogP contribution in [0.1, 0.15) is 0 Å². The second-order valence-electron chi connectivity index (χ2n) is 6.99. The Balaban J connectivity index is 3.83. The molecule has 0 aromatic heterocycles. The summed E-state index contributed by atoms with van der Waals surface area (Å²) in [4.78, 5) is 0. The Hall–Kier alpha value is -2.11. The molecular weight excluding hydrogens is 358 g/mol. The normalized spacial score (nSPS) is 11.3. The summed E-state index contributed by atoms with van der Waals surface area (Å²) in [7, 11) is -4.09. The standard InChI is InChI=1S/C24H34NSi2/c1-7-18-26(19-8-2,20-9-3)25(24-16-14-13-15-17-24)27(21-10-4,22-11-5)23-12-6/h7-16H,1-6,18-23H2. The summed E-state index contributed by atoms with van der Waals surface area (Å²) >= 11 is 0. The van der Waals surface area contributed by atoms with Crippen LogP contribution in [0.3, 0.4) is 0 Å². The molecule has 1 aromatic rings. The lowest BCUT2D eigenvalue weighted by atomic mass is 10.3. The molecule has 0 spiro atoms. The van der Waals surface area contributed by atoms with Gasteiger partial charge in [-0.3, -0.25) is 0 Å². The van der Waals surface area contributed by atoms with Crippen molar-refractivity contribution >= 4 is 22.2 Å². The molecule has 0 saturated heterocycles. The number of hydrogen-bond donors (Lipinski definition) is 0. The third kappa shape index (κ3) is 5.44. The summed E-state index contributed by atoms with van der Waals surface area (Å²) in [6.07, 6.45) is 12.4. The first-order valence-corrected chi connectivity index (χ1v) is 14.7. The molecule has 0 aliphatic heterocycles. The monoisotopic (exact) mass is 392 g/mol. The first kappa shape index (κ1) is 22.9. The van der Waals surface area contributed by atoms with Crippen LogP contribution in [0.25, 0.3) is 0 Å². The maximum absolute atomic E-state index is 4.09. The molecule has 1 radical (unpaired) electrons. The lowest BCUT2D eigenvalue weighted by Gasteiger charge is -2.54. The number of allylic oxidation sites excluding steroid dienone is 6. The highest BCUT2D eigenvalue weighted by atomic mass is 28.4. The lowest BCUT2D eigenvalue weighted by Crippen LogP contribution is -2.67. The van der Waals surface area contributed by atoms with E-state index in [1.165, 1.54) is 5.69 Å². The van der Waals surface area contributed by atoms with E-state index in [0.717, 1.165) is 36.3 Å². The summed E-state index contributed by atoms with van der Waals surface area (Å²) in [5.41, 5.74) is 1.17. The second kappa shape index (κ2) is 11.6. The van der Waals surface area contributed by atoms with Crippen molar-refractivity contribution in [3.63, 3.8) is 0 Å². The van der Waals surface area contributed by atoms with E-state index in [1.54, 1.807) is 0 Å². The van der Waals surface area contributed by atoms with E-state index < -0.39 is 16.5 Å². The van der Waals surface area contributed by atoms with Crippen LogP contribution in [-0.4, -0.2) is 16.5 Å². The van der Waals surface area contributed by atoms with E-state index in [0.29, 0.717) is 0 Å². The van der Waals surface area contributed by atoms with Crippen molar-refractivity contribution in [1.29, 1.82) is 0 Å². The number of benzene rings is 1. The molecule has 0 aliphatic rings. The molecule has 1 aromatic carbocycles. The number of anilines is 1. The molecule has 0 saturated carbocycles. The van der Waals surface area contributed by atoms with Crippen molar-refractivity contribution in [1.82, 2.24) is 0 Å². The smallest absolute Gasteiger partial charge is 0.159 e. The van der Waals surface area contributed by atoms with Gasteiger partial charge in [0.1, 0.15) is 0 Å². The quantitative estimate of drug-likeness (QED) is 0.223. The second-order valence-corrected chi connectivity index (χ2v) is 15.7. The number of hydrogen-bond acceptors (Lipinski definition) is 1. The minimum atomic E-state index is -2.05. The molecule has 0 atom stereocenters. The maximum Gasteiger partial charge on any atom is 0.159 e. The molecule has 0 amide bonds. The van der Waals surface area contributed by atoms with E-state index in [1.807, 2.05) is 12.1 Å². The van der Waals surface area contributed by atoms with Gasteiger partial charge in [0, 0.05) is 11.8 Å². The molecule has 0 heterocycles. The minimum Gasteiger partial charge on any atom is -0.422 e. The Morgan fingerprint density at radius 3 is 1.30 bits per heavy atom. The molecule has 0 N–H and O–H groups in total. The molecule has 0 bridgehead atoms. The van der Waals surface area contributed by atoms with Gasteiger partial charge in [-0.25, -0.2) is 0 Å². The van der Waals surface area contributed by atoms with Crippen molar-refractivity contribution < 1.29 is 0 Å². The Morgan fingerprint density at radius 2 is 1.04 bits per heavy atom. The third-order valence-corrected chi connectivity index (χ3v) is 16.5. The Morgan fingerprint density at radius 1 is 0.667 bits per heavy atom. The molecule has 0 fully saturated rings. The van der Waals surface area contributed by atoms with E-state index in [-0.39, 0.29) is 0 Å². The first-order chi connectivity index (χ1) is 13.1. The fraction of sp³-hybridized carbons (Fsp3) is 0.250. The Kier molecular flexibility index (Phi) is 9.83. The van der Waals surface area contributed by atoms with Gasteiger partial charge >= 0.3 is 0 Å². The van der Waals surface area contributed by atoms with Crippen molar-refractivity contribution in [2.24, 2.45) is 0 Å². The van der Waals surface area contributed by atoms with Gasteiger partial charge in [0.15, 0.2) is 16.5 Å². The maximum atomic E-state index is 4.09. The predicted octanol–water partition coefficient (Wildman–Crippen LogP) is 7.30. The highest BCUT2D eigenvalue weighted by Crippen LogP contribution is 2.41. The van der Waals surface area contributed by atoms with Crippen LogP contribution in [0.4, 0.5) is 5.69 Å². The highest BCUT2D eigenvalue weighted by molar-refractivity contribution is 7.03. The van der Waals surface area contributed by atoms with Crippen LogP contribution >= 0.6 is 0 Å². The summed E-state index contributed by atoms with van der Waals surface area (Å²) in [6, 6.07) is 17.7. The summed E-state index contributed by atoms with van der Waals surface area (Å²) in [6.45, 7) is 24.5. The third-order valence-electron chi connectivity index (χ3n) is 5.03. The average Bonchev–Trinajstić information content (AvgIpc) is 2.64. The molecular formula is C24H34NSi2. The largest absolute Gasteiger partial charge is 0.422 e. The van der Waals surface area contributed by atoms with Gasteiger partial charge in [0.05, 0.1) is 0 Å². The summed E-state index contributed by atoms with van der Waals surface area (Å²) in [5, 5.41) is 0. The van der Waals surface area contributed by atoms with Gasteiger partial charge in [-0.2, -0.15) is 0 Å². The van der Waals surface area contributed by atoms with E-state index in [4.69, 9.17) is 0 Å². The zero-order chi connectivity index (χ0) is 20.2. The predicted molar refractivity (Wildman–Crippen MR) is 129 cm³/mol. The fourth-order valence-corrected chi connectivity index (χ4v) is 16.5. The summed E-state index contributed by atoms with van der Waals surface area (Å²) in [5.74, 6) is 0. The van der Waals surface area contributed by atoms with Gasteiger partial charge in [-0.1, -0.05) is 54.7 Å². The molecule has 27 heavy (non-hydrogen) atoms. The zero-order valence-electron chi connectivity index (χ0n) is 16.7.